The number of para-hydroxylation sites is 1. The predicted molar refractivity (Wildman–Crippen MR) is 127 cm³/mol. The van der Waals surface area contributed by atoms with Crippen LogP contribution in [0.4, 0.5) is 0 Å². The summed E-state index contributed by atoms with van der Waals surface area (Å²) in [5.41, 5.74) is 3.60. The van der Waals surface area contributed by atoms with Crippen LogP contribution in [0.3, 0.4) is 0 Å². The number of pyridine rings is 1. The highest BCUT2D eigenvalue weighted by molar-refractivity contribution is 6.10. The van der Waals surface area contributed by atoms with Crippen LogP contribution in [0.2, 0.25) is 0 Å². The predicted octanol–water partition coefficient (Wildman–Crippen LogP) is 5.15. The molecule has 1 aromatic heterocycles. The maximum atomic E-state index is 13.7. The van der Waals surface area contributed by atoms with Crippen LogP contribution >= 0.6 is 0 Å². The van der Waals surface area contributed by atoms with Gasteiger partial charge in [0.25, 0.3) is 5.91 Å². The second-order valence-corrected chi connectivity index (χ2v) is 7.46. The molecule has 0 saturated carbocycles. The Morgan fingerprint density at radius 2 is 1.62 bits per heavy atom. The van der Waals surface area contributed by atoms with Gasteiger partial charge in [-0.2, -0.15) is 0 Å². The first-order valence-corrected chi connectivity index (χ1v) is 10.8. The molecule has 2 N–H and O–H groups in total. The number of aliphatic hydroxyl groups excluding tert-OH is 1. The Kier molecular flexibility index (Phi) is 6.78. The highest BCUT2D eigenvalue weighted by Crippen LogP contribution is 2.37. The van der Waals surface area contributed by atoms with Crippen LogP contribution in [0.25, 0.3) is 22.2 Å². The summed E-state index contributed by atoms with van der Waals surface area (Å²) in [6.45, 7) is 1.95. The van der Waals surface area contributed by atoms with E-state index in [-0.39, 0.29) is 25.2 Å². The van der Waals surface area contributed by atoms with Crippen molar-refractivity contribution in [3.05, 3.63) is 96.1 Å². The molecule has 162 valence electrons. The quantitative estimate of drug-likeness (QED) is 0.409. The Bertz CT molecular complexity index is 1190. The smallest absolute Gasteiger partial charge is 0.256 e. The number of carbonyl (C=O) groups is 1. The minimum Gasteiger partial charge on any atom is -0.488 e. The lowest BCUT2D eigenvalue weighted by Gasteiger charge is -2.21. The molecule has 0 radical (unpaired) electrons. The lowest BCUT2D eigenvalue weighted by Crippen LogP contribution is -2.29. The van der Waals surface area contributed by atoms with Crippen molar-refractivity contribution in [2.45, 2.75) is 19.4 Å². The number of benzene rings is 3. The first kappa shape index (κ1) is 21.5. The fraction of sp³-hybridized carbons (Fsp3) is 0.185. The zero-order chi connectivity index (χ0) is 22.3. The number of nitrogens with zero attached hydrogens (tertiary/aromatic N) is 1. The van der Waals surface area contributed by atoms with Gasteiger partial charge in [0.2, 0.25) is 0 Å². The molecule has 32 heavy (non-hydrogen) atoms. The third-order valence-electron chi connectivity index (χ3n) is 5.38. The molecular weight excluding hydrogens is 400 g/mol. The summed E-state index contributed by atoms with van der Waals surface area (Å²) in [6, 6.07) is 27.0. The van der Waals surface area contributed by atoms with Crippen LogP contribution in [-0.2, 0) is 0 Å². The molecule has 0 aliphatic carbocycles. The van der Waals surface area contributed by atoms with E-state index in [2.05, 4.69) is 5.32 Å². The monoisotopic (exact) mass is 426 g/mol. The van der Waals surface area contributed by atoms with E-state index >= 15 is 0 Å². The second kappa shape index (κ2) is 10.1. The van der Waals surface area contributed by atoms with Crippen molar-refractivity contribution in [2.24, 2.45) is 0 Å². The second-order valence-electron chi connectivity index (χ2n) is 7.46. The molecule has 0 bridgehead atoms. The minimum absolute atomic E-state index is 0.0655. The van der Waals surface area contributed by atoms with Gasteiger partial charge in [0.05, 0.1) is 23.7 Å². The van der Waals surface area contributed by atoms with E-state index in [1.165, 1.54) is 0 Å². The van der Waals surface area contributed by atoms with Crippen molar-refractivity contribution in [1.29, 1.82) is 0 Å². The molecule has 0 saturated heterocycles. The molecule has 1 atom stereocenters. The Balaban J connectivity index is 1.87. The molecule has 4 rings (SSSR count). The van der Waals surface area contributed by atoms with E-state index < -0.39 is 0 Å². The minimum atomic E-state index is -0.232. The van der Waals surface area contributed by atoms with Crippen molar-refractivity contribution in [3.63, 3.8) is 0 Å². The van der Waals surface area contributed by atoms with Crippen LogP contribution in [0.15, 0.2) is 84.9 Å². The molecule has 5 nitrogen and oxygen atoms in total. The Labute approximate surface area is 187 Å². The third-order valence-corrected chi connectivity index (χ3v) is 5.38. The number of carbonyl (C=O) groups excluding carboxylic acids is 1. The summed E-state index contributed by atoms with van der Waals surface area (Å²) in [6.07, 6.45) is 0.747. The van der Waals surface area contributed by atoms with E-state index in [1.807, 2.05) is 91.9 Å². The number of aromatic nitrogens is 1. The number of hydrogen-bond donors (Lipinski definition) is 2. The summed E-state index contributed by atoms with van der Waals surface area (Å²) in [4.78, 5) is 18.5. The van der Waals surface area contributed by atoms with Gasteiger partial charge in [-0.05, 0) is 18.1 Å². The highest BCUT2D eigenvalue weighted by atomic mass is 16.5. The summed E-state index contributed by atoms with van der Waals surface area (Å²) in [5.74, 6) is 0.147. The Morgan fingerprint density at radius 3 is 2.31 bits per heavy atom. The van der Waals surface area contributed by atoms with Gasteiger partial charge in [-0.15, -0.1) is 0 Å². The van der Waals surface area contributed by atoms with E-state index in [0.29, 0.717) is 27.9 Å². The molecule has 0 aliphatic rings. The van der Waals surface area contributed by atoms with Gasteiger partial charge in [0, 0.05) is 10.9 Å². The first-order chi connectivity index (χ1) is 15.7. The topological polar surface area (TPSA) is 71.5 Å². The highest BCUT2D eigenvalue weighted by Gasteiger charge is 2.25. The zero-order valence-electron chi connectivity index (χ0n) is 18.0. The molecule has 0 unspecified atom stereocenters. The lowest BCUT2D eigenvalue weighted by atomic mass is 10.00. The third kappa shape index (κ3) is 4.48. The average molecular weight is 427 g/mol. The Hall–Kier alpha value is -3.70. The van der Waals surface area contributed by atoms with Gasteiger partial charge in [-0.25, -0.2) is 4.98 Å². The van der Waals surface area contributed by atoms with Crippen LogP contribution in [0.1, 0.15) is 35.3 Å². The number of nitrogens with one attached hydrogen (secondary N) is 1. The van der Waals surface area contributed by atoms with Crippen LogP contribution in [0.5, 0.6) is 5.75 Å². The van der Waals surface area contributed by atoms with Gasteiger partial charge in [-0.3, -0.25) is 4.79 Å². The molecule has 3 aromatic carbocycles. The number of fused-ring (bicyclic) bond motifs is 1. The fourth-order valence-electron chi connectivity index (χ4n) is 3.84. The van der Waals surface area contributed by atoms with Gasteiger partial charge >= 0.3 is 0 Å². The van der Waals surface area contributed by atoms with E-state index in [9.17, 15) is 9.90 Å². The molecule has 1 heterocycles. The Morgan fingerprint density at radius 1 is 0.969 bits per heavy atom. The van der Waals surface area contributed by atoms with Crippen molar-refractivity contribution >= 4 is 16.8 Å². The van der Waals surface area contributed by atoms with Gasteiger partial charge < -0.3 is 15.2 Å². The number of hydrogen-bond acceptors (Lipinski definition) is 4. The van der Waals surface area contributed by atoms with Crippen molar-refractivity contribution in [3.8, 4) is 17.0 Å². The van der Waals surface area contributed by atoms with Gasteiger partial charge in [-0.1, -0.05) is 85.8 Å². The SMILES string of the molecule is CC[C@@H](NC(=O)c1c(OCCO)c(-c2ccccc2)nc2ccccc12)c1ccccc1. The largest absolute Gasteiger partial charge is 0.488 e. The maximum Gasteiger partial charge on any atom is 0.256 e. The van der Waals surface area contributed by atoms with Crippen molar-refractivity contribution in [1.82, 2.24) is 10.3 Å². The average Bonchev–Trinajstić information content (AvgIpc) is 2.86. The van der Waals surface area contributed by atoms with Crippen LogP contribution in [-0.4, -0.2) is 29.2 Å². The molecule has 4 aromatic rings. The summed E-state index contributed by atoms with van der Waals surface area (Å²) >= 11 is 0. The number of ether oxygens (including phenoxy) is 1. The molecular formula is C27H26N2O3. The van der Waals surface area contributed by atoms with E-state index in [1.54, 1.807) is 0 Å². The number of aliphatic hydroxyl groups is 1. The van der Waals surface area contributed by atoms with E-state index in [4.69, 9.17) is 9.72 Å². The zero-order valence-corrected chi connectivity index (χ0v) is 18.0. The van der Waals surface area contributed by atoms with Gasteiger partial charge in [0.15, 0.2) is 5.75 Å². The molecule has 0 fully saturated rings. The van der Waals surface area contributed by atoms with Crippen molar-refractivity contribution < 1.29 is 14.6 Å². The molecule has 5 heteroatoms. The maximum absolute atomic E-state index is 13.7. The van der Waals surface area contributed by atoms with Crippen LogP contribution in [0, 0.1) is 0 Å². The number of amides is 1. The lowest BCUT2D eigenvalue weighted by molar-refractivity contribution is 0.0931. The first-order valence-electron chi connectivity index (χ1n) is 10.8. The fourth-order valence-corrected chi connectivity index (χ4v) is 3.84. The standard InChI is InChI=1S/C27H26N2O3/c1-2-22(19-11-5-3-6-12-19)29-27(31)24-21-15-9-10-16-23(21)28-25(26(24)32-18-17-30)20-13-7-4-8-14-20/h3-16,22,30H,2,17-18H2,1H3,(H,29,31)/t22-/m1/s1. The molecule has 1 amide bonds. The van der Waals surface area contributed by atoms with Crippen LogP contribution < -0.4 is 10.1 Å². The number of rotatable bonds is 8. The van der Waals surface area contributed by atoms with Crippen molar-refractivity contribution in [2.75, 3.05) is 13.2 Å². The summed E-state index contributed by atoms with van der Waals surface area (Å²) < 4.78 is 5.95. The summed E-state index contributed by atoms with van der Waals surface area (Å²) in [7, 11) is 0. The molecule has 0 spiro atoms. The van der Waals surface area contributed by atoms with Gasteiger partial charge in [0.1, 0.15) is 12.3 Å². The normalized spacial score (nSPS) is 11.8. The summed E-state index contributed by atoms with van der Waals surface area (Å²) in [5, 5.41) is 13.3. The molecule has 0 aliphatic heterocycles. The van der Waals surface area contributed by atoms with E-state index in [0.717, 1.165) is 17.5 Å².